The van der Waals surface area contributed by atoms with Crippen molar-refractivity contribution in [1.82, 2.24) is 0 Å². The van der Waals surface area contributed by atoms with Crippen molar-refractivity contribution >= 4 is 51.9 Å². The molecule has 28 heavy (non-hydrogen) atoms. The van der Waals surface area contributed by atoms with E-state index in [1.807, 2.05) is 0 Å². The maximum atomic E-state index is 12.8. The van der Waals surface area contributed by atoms with E-state index >= 15 is 0 Å². The Bertz CT molecular complexity index is 1020. The molecule has 1 saturated heterocycles. The van der Waals surface area contributed by atoms with E-state index in [1.54, 1.807) is 24.3 Å². The molecule has 144 valence electrons. The van der Waals surface area contributed by atoms with Crippen LogP contribution in [0.1, 0.15) is 15.9 Å². The largest absolute Gasteiger partial charge is 0.507 e. The third kappa shape index (κ3) is 3.67. The molecule has 1 aliphatic rings. The zero-order valence-electron chi connectivity index (χ0n) is 14.8. The van der Waals surface area contributed by atoms with Gasteiger partial charge in [-0.25, -0.2) is 4.79 Å². The number of methoxy groups -OCH3 is 2. The molecule has 1 aliphatic heterocycles. The molecule has 0 unspecified atom stereocenters. The SMILES string of the molecule is COc1ccc(/C=C2/SC(=S)N(c3ccc(C(=O)O)c(O)c3)C2=O)cc1OC. The molecule has 0 radical (unpaired) electrons. The number of anilines is 1. The molecule has 7 nitrogen and oxygen atoms in total. The highest BCUT2D eigenvalue weighted by Gasteiger charge is 2.33. The molecule has 0 aliphatic carbocycles. The molecule has 2 N–H and O–H groups in total. The first-order valence-corrected chi connectivity index (χ1v) is 9.14. The zero-order chi connectivity index (χ0) is 20.4. The number of thioether (sulfide) groups is 1. The predicted octanol–water partition coefficient (Wildman–Crippen LogP) is 3.51. The van der Waals surface area contributed by atoms with Gasteiger partial charge in [0.05, 0.1) is 24.8 Å². The smallest absolute Gasteiger partial charge is 0.339 e. The average Bonchev–Trinajstić information content (AvgIpc) is 2.94. The Morgan fingerprint density at radius 2 is 1.86 bits per heavy atom. The van der Waals surface area contributed by atoms with Gasteiger partial charge in [0.1, 0.15) is 11.3 Å². The van der Waals surface area contributed by atoms with Gasteiger partial charge in [0.25, 0.3) is 5.91 Å². The van der Waals surface area contributed by atoms with Crippen LogP contribution in [0.2, 0.25) is 0 Å². The first kappa shape index (κ1) is 19.7. The van der Waals surface area contributed by atoms with Crippen molar-refractivity contribution in [2.45, 2.75) is 0 Å². The molecule has 0 spiro atoms. The summed E-state index contributed by atoms with van der Waals surface area (Å²) in [6.07, 6.45) is 1.67. The maximum absolute atomic E-state index is 12.8. The van der Waals surface area contributed by atoms with Gasteiger partial charge in [-0.15, -0.1) is 0 Å². The molecule has 1 amide bonds. The summed E-state index contributed by atoms with van der Waals surface area (Å²) in [5, 5.41) is 18.9. The summed E-state index contributed by atoms with van der Waals surface area (Å²) < 4.78 is 10.7. The number of carbonyl (C=O) groups excluding carboxylic acids is 1. The Morgan fingerprint density at radius 1 is 1.14 bits per heavy atom. The van der Waals surface area contributed by atoms with Gasteiger partial charge >= 0.3 is 5.97 Å². The minimum atomic E-state index is -1.26. The molecule has 1 fully saturated rings. The Balaban J connectivity index is 1.93. The summed E-state index contributed by atoms with van der Waals surface area (Å²) in [5.41, 5.74) is 0.762. The van der Waals surface area contributed by atoms with Gasteiger partial charge < -0.3 is 19.7 Å². The Labute approximate surface area is 170 Å². The van der Waals surface area contributed by atoms with Gasteiger partial charge in [0.2, 0.25) is 0 Å². The fourth-order valence-corrected chi connectivity index (χ4v) is 3.92. The summed E-state index contributed by atoms with van der Waals surface area (Å²) in [7, 11) is 3.06. The zero-order valence-corrected chi connectivity index (χ0v) is 16.5. The van der Waals surface area contributed by atoms with Gasteiger partial charge in [0, 0.05) is 6.07 Å². The van der Waals surface area contributed by atoms with Crippen molar-refractivity contribution in [3.8, 4) is 17.2 Å². The standard InChI is InChI=1S/C19H15NO6S2/c1-25-14-6-3-10(7-15(14)26-2)8-16-17(22)20(19(27)28-16)11-4-5-12(18(23)24)13(21)9-11/h3-9,21H,1-2H3,(H,23,24)/b16-8+. The van der Waals surface area contributed by atoms with Crippen molar-refractivity contribution < 1.29 is 29.3 Å². The van der Waals surface area contributed by atoms with Crippen LogP contribution in [0.25, 0.3) is 6.08 Å². The van der Waals surface area contributed by atoms with Crippen LogP contribution < -0.4 is 14.4 Å². The van der Waals surface area contributed by atoms with E-state index in [1.165, 1.54) is 37.3 Å². The molecular weight excluding hydrogens is 402 g/mol. The number of hydrogen-bond donors (Lipinski definition) is 2. The van der Waals surface area contributed by atoms with Gasteiger partial charge in [-0.1, -0.05) is 30.0 Å². The van der Waals surface area contributed by atoms with Gasteiger partial charge in [-0.05, 0) is 35.9 Å². The fraction of sp³-hybridized carbons (Fsp3) is 0.105. The van der Waals surface area contributed by atoms with Crippen LogP contribution in [0.3, 0.4) is 0 Å². The number of hydrogen-bond acceptors (Lipinski definition) is 7. The number of nitrogens with zero attached hydrogens (tertiary/aromatic N) is 1. The van der Waals surface area contributed by atoms with Crippen LogP contribution in [0.4, 0.5) is 5.69 Å². The lowest BCUT2D eigenvalue weighted by Crippen LogP contribution is -2.27. The minimum Gasteiger partial charge on any atom is -0.507 e. The van der Waals surface area contributed by atoms with Crippen LogP contribution >= 0.6 is 24.0 Å². The number of ether oxygens (including phenoxy) is 2. The van der Waals surface area contributed by atoms with Crippen molar-refractivity contribution in [2.75, 3.05) is 19.1 Å². The molecule has 2 aromatic carbocycles. The number of rotatable bonds is 5. The number of amides is 1. The topological polar surface area (TPSA) is 96.3 Å². The Morgan fingerprint density at radius 3 is 2.46 bits per heavy atom. The lowest BCUT2D eigenvalue weighted by Gasteiger charge is -2.15. The summed E-state index contributed by atoms with van der Waals surface area (Å²) in [6.45, 7) is 0. The molecular formula is C19H15NO6S2. The average molecular weight is 417 g/mol. The second-order valence-corrected chi connectivity index (χ2v) is 7.31. The van der Waals surface area contributed by atoms with Crippen molar-refractivity contribution in [3.05, 3.63) is 52.4 Å². The number of carboxylic acid groups (broad SMARTS) is 1. The Hall–Kier alpha value is -3.04. The quantitative estimate of drug-likeness (QED) is 0.564. The van der Waals surface area contributed by atoms with Gasteiger partial charge in [0.15, 0.2) is 15.8 Å². The van der Waals surface area contributed by atoms with E-state index in [9.17, 15) is 14.7 Å². The molecule has 0 bridgehead atoms. The molecule has 9 heteroatoms. The number of aromatic carboxylic acids is 1. The summed E-state index contributed by atoms with van der Waals surface area (Å²) in [6, 6.07) is 9.10. The highest BCUT2D eigenvalue weighted by atomic mass is 32.2. The van der Waals surface area contributed by atoms with Crippen LogP contribution in [-0.2, 0) is 4.79 Å². The summed E-state index contributed by atoms with van der Waals surface area (Å²) in [4.78, 5) is 25.5. The normalized spacial score (nSPS) is 15.2. The molecule has 2 aromatic rings. The molecule has 1 heterocycles. The second-order valence-electron chi connectivity index (χ2n) is 5.64. The first-order valence-electron chi connectivity index (χ1n) is 7.92. The van der Waals surface area contributed by atoms with E-state index in [0.717, 1.165) is 17.3 Å². The Kier molecular flexibility index (Phi) is 5.57. The number of aromatic hydroxyl groups is 1. The van der Waals surface area contributed by atoms with E-state index in [4.69, 9.17) is 26.8 Å². The van der Waals surface area contributed by atoms with E-state index in [0.29, 0.717) is 22.1 Å². The first-order chi connectivity index (χ1) is 13.3. The van der Waals surface area contributed by atoms with E-state index in [-0.39, 0.29) is 15.8 Å². The molecule has 0 aromatic heterocycles. The van der Waals surface area contributed by atoms with Crippen LogP contribution in [0.15, 0.2) is 41.3 Å². The highest BCUT2D eigenvalue weighted by molar-refractivity contribution is 8.27. The lowest BCUT2D eigenvalue weighted by atomic mass is 10.1. The number of carbonyl (C=O) groups is 2. The summed E-state index contributed by atoms with van der Waals surface area (Å²) >= 11 is 6.40. The van der Waals surface area contributed by atoms with Crippen molar-refractivity contribution in [3.63, 3.8) is 0 Å². The third-order valence-electron chi connectivity index (χ3n) is 3.97. The fourth-order valence-electron chi connectivity index (χ4n) is 2.62. The maximum Gasteiger partial charge on any atom is 0.339 e. The van der Waals surface area contributed by atoms with E-state index < -0.39 is 11.7 Å². The van der Waals surface area contributed by atoms with Gasteiger partial charge in [-0.3, -0.25) is 9.69 Å². The number of phenols is 1. The van der Waals surface area contributed by atoms with Gasteiger partial charge in [-0.2, -0.15) is 0 Å². The van der Waals surface area contributed by atoms with Crippen molar-refractivity contribution in [2.24, 2.45) is 0 Å². The summed E-state index contributed by atoms with van der Waals surface area (Å²) in [5.74, 6) is -0.972. The van der Waals surface area contributed by atoms with Crippen molar-refractivity contribution in [1.29, 1.82) is 0 Å². The third-order valence-corrected chi connectivity index (χ3v) is 5.27. The molecule has 3 rings (SSSR count). The number of thiocarbonyl (C=S) groups is 1. The number of carboxylic acids is 1. The lowest BCUT2D eigenvalue weighted by molar-refractivity contribution is -0.113. The van der Waals surface area contributed by atoms with Crippen LogP contribution in [-0.4, -0.2) is 40.6 Å². The number of benzene rings is 2. The molecule has 0 saturated carbocycles. The van der Waals surface area contributed by atoms with Crippen LogP contribution in [0, 0.1) is 0 Å². The minimum absolute atomic E-state index is 0.255. The van der Waals surface area contributed by atoms with Crippen LogP contribution in [0.5, 0.6) is 17.2 Å². The monoisotopic (exact) mass is 417 g/mol. The second kappa shape index (κ2) is 7.91. The highest BCUT2D eigenvalue weighted by Crippen LogP contribution is 2.38. The predicted molar refractivity (Wildman–Crippen MR) is 110 cm³/mol. The molecule has 0 atom stereocenters. The van der Waals surface area contributed by atoms with E-state index in [2.05, 4.69) is 0 Å².